The molecule has 1 aliphatic heterocycles. The van der Waals surface area contributed by atoms with E-state index >= 15 is 0 Å². The third-order valence-electron chi connectivity index (χ3n) is 8.31. The Labute approximate surface area is 375 Å². The minimum atomic E-state index is -1.16. The highest BCUT2D eigenvalue weighted by Crippen LogP contribution is 2.36. The van der Waals surface area contributed by atoms with Crippen molar-refractivity contribution < 1.29 is 29.0 Å². The fraction of sp³-hybridized carbons (Fsp3) is 0.250. The number of amides is 2. The highest BCUT2D eigenvalue weighted by molar-refractivity contribution is 6.45. The lowest BCUT2D eigenvalue weighted by molar-refractivity contribution is -0.124. The zero-order valence-corrected chi connectivity index (χ0v) is 36.2. The lowest BCUT2D eigenvalue weighted by Gasteiger charge is -2.23. The maximum absolute atomic E-state index is 12.4. The van der Waals surface area contributed by atoms with E-state index in [9.17, 15) is 19.8 Å². The van der Waals surface area contributed by atoms with Gasteiger partial charge in [0.05, 0.1) is 54.8 Å². The molecular weight excluding hydrogens is 901 g/mol. The van der Waals surface area contributed by atoms with Gasteiger partial charge < -0.3 is 30.0 Å². The van der Waals surface area contributed by atoms with E-state index < -0.39 is 36.1 Å². The van der Waals surface area contributed by atoms with Crippen LogP contribution in [0.4, 0.5) is 11.4 Å². The van der Waals surface area contributed by atoms with Crippen LogP contribution in [0.3, 0.4) is 0 Å². The maximum Gasteiger partial charge on any atom is 0.269 e. The number of nitrogens with zero attached hydrogens (tertiary/aromatic N) is 4. The molecule has 5 aromatic rings. The molecule has 0 spiro atoms. The molecule has 0 radical (unpaired) electrons. The average molecular weight is 937 g/mol. The monoisotopic (exact) mass is 934 g/mol. The number of halogens is 6. The number of anilines is 2. The summed E-state index contributed by atoms with van der Waals surface area (Å²) < 4.78 is 10.6. The van der Waals surface area contributed by atoms with Gasteiger partial charge in [0.2, 0.25) is 11.8 Å². The van der Waals surface area contributed by atoms with Crippen LogP contribution in [0, 0.1) is 22.7 Å². The number of carbonyl (C=O) groups is 2. The number of hydrazine groups is 1. The Kier molecular flexibility index (Phi) is 18.5. The van der Waals surface area contributed by atoms with E-state index in [0.717, 1.165) is 13.2 Å². The van der Waals surface area contributed by atoms with Crippen molar-refractivity contribution in [1.82, 2.24) is 21.0 Å². The largest absolute Gasteiger partial charge is 0.418 e. The zero-order valence-electron chi connectivity index (χ0n) is 31.7. The third-order valence-corrected chi connectivity index (χ3v) is 10.6. The Bertz CT molecular complexity index is 2320. The van der Waals surface area contributed by atoms with E-state index in [-0.39, 0.29) is 54.2 Å². The Hall–Kier alpha value is -4.84. The smallest absolute Gasteiger partial charge is 0.269 e. The van der Waals surface area contributed by atoms with Crippen molar-refractivity contribution in [3.05, 3.63) is 126 Å². The summed E-state index contributed by atoms with van der Waals surface area (Å²) in [5, 5.41) is 53.3. The van der Waals surface area contributed by atoms with Crippen molar-refractivity contribution in [3.63, 3.8) is 0 Å². The summed E-state index contributed by atoms with van der Waals surface area (Å²) in [7, 11) is 0. The van der Waals surface area contributed by atoms with Gasteiger partial charge in [-0.2, -0.15) is 10.5 Å². The van der Waals surface area contributed by atoms with Crippen LogP contribution in [0.25, 0.3) is 11.5 Å². The molecule has 0 aliphatic carbocycles. The first-order chi connectivity index (χ1) is 28.6. The lowest BCUT2D eigenvalue weighted by Crippen LogP contribution is -2.52. The Balaban J connectivity index is 0.000000236. The Morgan fingerprint density at radius 2 is 1.20 bits per heavy atom. The number of nitrogens with one attached hydrogen (secondary N) is 4. The highest BCUT2D eigenvalue weighted by Gasteiger charge is 2.27. The molecule has 0 bridgehead atoms. The SMILES string of the molecule is C1CCOC1.C[C@H](O)[C@@H](Nc1ccc(C#N)c(Cl)c1Cl)C(=O)NNC(=O)c1ccc(Cl)cc1.C[C@H](O)[C@@H](Nc1ccc(C#N)c(Cl)c1Cl)c1nnc(-c2ccc(Cl)cc2)o1. The lowest BCUT2D eigenvalue weighted by atomic mass is 10.1. The molecule has 6 N–H and O–H groups in total. The third kappa shape index (κ3) is 13.3. The predicted molar refractivity (Wildman–Crippen MR) is 231 cm³/mol. The number of carbonyl (C=O) groups excluding carboxylic acids is 2. The van der Waals surface area contributed by atoms with Crippen LogP contribution >= 0.6 is 69.6 Å². The van der Waals surface area contributed by atoms with Crippen LogP contribution in [0.2, 0.25) is 30.1 Å². The number of aliphatic hydroxyl groups is 2. The van der Waals surface area contributed by atoms with Crippen molar-refractivity contribution in [2.45, 2.75) is 51.0 Å². The Morgan fingerprint density at radius 3 is 1.67 bits per heavy atom. The van der Waals surface area contributed by atoms with Crippen molar-refractivity contribution >= 4 is 92.8 Å². The number of hydrogen-bond donors (Lipinski definition) is 6. The van der Waals surface area contributed by atoms with E-state index in [1.165, 1.54) is 62.2 Å². The van der Waals surface area contributed by atoms with E-state index in [1.54, 1.807) is 37.3 Å². The van der Waals surface area contributed by atoms with Crippen LogP contribution in [-0.4, -0.2) is 63.7 Å². The van der Waals surface area contributed by atoms with Gasteiger partial charge in [0, 0.05) is 34.4 Å². The number of hydrogen-bond acceptors (Lipinski definition) is 12. The van der Waals surface area contributed by atoms with Crippen LogP contribution in [0.1, 0.15) is 60.1 Å². The van der Waals surface area contributed by atoms with Crippen LogP contribution in [0.5, 0.6) is 0 Å². The highest BCUT2D eigenvalue weighted by atomic mass is 35.5. The molecule has 1 aliphatic rings. The molecule has 6 rings (SSSR count). The molecule has 1 aromatic heterocycles. The van der Waals surface area contributed by atoms with E-state index in [1.807, 2.05) is 12.1 Å². The van der Waals surface area contributed by atoms with Gasteiger partial charge in [0.15, 0.2) is 0 Å². The first-order valence-electron chi connectivity index (χ1n) is 17.8. The van der Waals surface area contributed by atoms with Crippen LogP contribution in [-0.2, 0) is 9.53 Å². The summed E-state index contributed by atoms with van der Waals surface area (Å²) in [6.07, 6.45) is 0.534. The molecule has 2 heterocycles. The molecule has 20 heteroatoms. The Morgan fingerprint density at radius 1 is 0.683 bits per heavy atom. The molecular formula is C40H36Cl6N8O6. The molecule has 2 amide bonds. The van der Waals surface area contributed by atoms with Gasteiger partial charge in [0.1, 0.15) is 24.2 Å². The molecule has 0 saturated carbocycles. The molecule has 314 valence electrons. The molecule has 4 atom stereocenters. The summed E-state index contributed by atoms with van der Waals surface area (Å²) in [6.45, 7) is 4.96. The second-order valence-corrected chi connectivity index (χ2v) is 15.1. The van der Waals surface area contributed by atoms with Gasteiger partial charge in [-0.05, 0) is 99.5 Å². The van der Waals surface area contributed by atoms with Gasteiger partial charge in [-0.3, -0.25) is 20.4 Å². The first kappa shape index (κ1) is 47.8. The summed E-state index contributed by atoms with van der Waals surface area (Å²) in [5.41, 5.74) is 6.56. The number of aromatic nitrogens is 2. The minimum absolute atomic E-state index is 0.0231. The minimum Gasteiger partial charge on any atom is -0.418 e. The molecule has 60 heavy (non-hydrogen) atoms. The fourth-order valence-corrected chi connectivity index (χ4v) is 6.18. The number of benzene rings is 4. The number of ether oxygens (including phenoxy) is 1. The van der Waals surface area contributed by atoms with Gasteiger partial charge >= 0.3 is 0 Å². The van der Waals surface area contributed by atoms with Crippen LogP contribution in [0.15, 0.2) is 77.2 Å². The average Bonchev–Trinajstić information content (AvgIpc) is 3.99. The number of nitriles is 2. The van der Waals surface area contributed by atoms with E-state index in [4.69, 9.17) is 89.3 Å². The second kappa shape index (κ2) is 23.2. The molecule has 1 saturated heterocycles. The van der Waals surface area contributed by atoms with E-state index in [0.29, 0.717) is 21.3 Å². The van der Waals surface area contributed by atoms with Crippen LogP contribution < -0.4 is 21.5 Å². The van der Waals surface area contributed by atoms with Gasteiger partial charge in [-0.25, -0.2) is 0 Å². The first-order valence-corrected chi connectivity index (χ1v) is 20.1. The van der Waals surface area contributed by atoms with Crippen molar-refractivity contribution in [1.29, 1.82) is 10.5 Å². The quantitative estimate of drug-likeness (QED) is 0.0723. The fourth-order valence-electron chi connectivity index (χ4n) is 5.07. The van der Waals surface area contributed by atoms with Gasteiger partial charge in [0.25, 0.3) is 11.8 Å². The molecule has 1 fully saturated rings. The van der Waals surface area contributed by atoms with E-state index in [2.05, 4.69) is 31.7 Å². The van der Waals surface area contributed by atoms with Crippen molar-refractivity contribution in [2.24, 2.45) is 0 Å². The van der Waals surface area contributed by atoms with Crippen molar-refractivity contribution in [2.75, 3.05) is 23.8 Å². The second-order valence-electron chi connectivity index (χ2n) is 12.7. The summed E-state index contributed by atoms with van der Waals surface area (Å²) in [6, 6.07) is 20.9. The number of aliphatic hydroxyl groups excluding tert-OH is 2. The zero-order chi connectivity index (χ0) is 43.9. The van der Waals surface area contributed by atoms with Gasteiger partial charge in [-0.1, -0.05) is 69.6 Å². The summed E-state index contributed by atoms with van der Waals surface area (Å²) >= 11 is 36.1. The number of rotatable bonds is 10. The van der Waals surface area contributed by atoms with Gasteiger partial charge in [-0.15, -0.1) is 10.2 Å². The molecule has 0 unspecified atom stereocenters. The molecule has 14 nitrogen and oxygen atoms in total. The standard InChI is InChI=1S/C18H15Cl3N4O3.C18H13Cl3N4O2.C4H8O/c1-9(26)16(23-13-7-4-11(8-22)14(20)15(13)21)18(28)25-24-17(27)10-2-5-12(19)6-3-10;1-9(26)16(23-13-7-4-11(8-22)14(20)15(13)21)18-25-24-17(27-18)10-2-5-12(19)6-3-10;1-2-4-5-3-1/h2-7,9,16,23,26H,1H3,(H,24,27)(H,25,28);2-7,9,16,23,26H,1H3;1-4H2/t2*9-,16+;/m00./s1. The van der Waals surface area contributed by atoms with Crippen molar-refractivity contribution in [3.8, 4) is 23.6 Å². The normalized spacial score (nSPS) is 13.7. The summed E-state index contributed by atoms with van der Waals surface area (Å²) in [5.74, 6) is -0.813. The maximum atomic E-state index is 12.4. The predicted octanol–water partition coefficient (Wildman–Crippen LogP) is 9.04. The molecule has 4 aromatic carbocycles. The topological polar surface area (TPSA) is 218 Å². The summed E-state index contributed by atoms with van der Waals surface area (Å²) in [4.78, 5) is 24.5.